The number of ether oxygens (including phenoxy) is 1. The molecular weight excluding hydrogens is 408 g/mol. The van der Waals surface area contributed by atoms with Crippen molar-refractivity contribution in [2.24, 2.45) is 0 Å². The van der Waals surface area contributed by atoms with Crippen molar-refractivity contribution in [2.45, 2.75) is 57.2 Å². The van der Waals surface area contributed by atoms with Crippen molar-refractivity contribution >= 4 is 23.4 Å². The summed E-state index contributed by atoms with van der Waals surface area (Å²) in [6.45, 7) is 3.08. The number of fused-ring (bicyclic) bond motifs is 1. The summed E-state index contributed by atoms with van der Waals surface area (Å²) in [5, 5.41) is 60.4. The van der Waals surface area contributed by atoms with E-state index in [1.54, 1.807) is 6.92 Å². The van der Waals surface area contributed by atoms with Crippen molar-refractivity contribution < 1.29 is 45.0 Å². The Morgan fingerprint density at radius 1 is 1.03 bits per heavy atom. The van der Waals surface area contributed by atoms with Gasteiger partial charge in [0.1, 0.15) is 35.4 Å². The van der Waals surface area contributed by atoms with E-state index in [9.17, 15) is 40.2 Å². The highest BCUT2D eigenvalue weighted by molar-refractivity contribution is 6.33. The number of cyclic esters (lactones) is 1. The summed E-state index contributed by atoms with van der Waals surface area (Å²) in [6.07, 6.45) is -7.63. The first-order chi connectivity index (χ1) is 13.4. The van der Waals surface area contributed by atoms with Gasteiger partial charge in [-0.3, -0.25) is 4.79 Å². The molecule has 1 aromatic rings. The monoisotopic (exact) mass is 430 g/mol. The van der Waals surface area contributed by atoms with Gasteiger partial charge in [0.05, 0.1) is 17.2 Å². The number of esters is 1. The molecule has 0 amide bonds. The number of carbonyl (C=O) groups excluding carboxylic acids is 2. The molecule has 0 radical (unpaired) electrons. The second-order valence-electron chi connectivity index (χ2n) is 7.09. The normalized spacial score (nSPS) is 31.3. The summed E-state index contributed by atoms with van der Waals surface area (Å²) >= 11 is 5.99. The molecule has 1 aliphatic heterocycles. The lowest BCUT2D eigenvalue weighted by molar-refractivity contribution is -0.130. The zero-order chi connectivity index (χ0) is 22.0. The first-order valence-corrected chi connectivity index (χ1v) is 9.20. The second-order valence-corrected chi connectivity index (χ2v) is 7.47. The number of carbonyl (C=O) groups is 2. The average molecular weight is 431 g/mol. The topological polar surface area (TPSA) is 165 Å². The molecule has 0 unspecified atom stereocenters. The van der Waals surface area contributed by atoms with Crippen LogP contribution in [0, 0.1) is 0 Å². The van der Waals surface area contributed by atoms with Crippen LogP contribution in [0.25, 0.3) is 0 Å². The predicted octanol–water partition coefficient (Wildman–Crippen LogP) is 0.722. The number of halogens is 1. The molecule has 1 heterocycles. The summed E-state index contributed by atoms with van der Waals surface area (Å²) in [5.74, 6) is -3.29. The quantitative estimate of drug-likeness (QED) is 0.325. The lowest BCUT2D eigenvalue weighted by atomic mass is 9.92. The number of rotatable bonds is 0. The van der Waals surface area contributed by atoms with Crippen LogP contribution in [0.15, 0.2) is 17.7 Å². The Balaban J connectivity index is 2.61. The number of phenolic OH excluding ortho intramolecular Hbond substituents is 2. The van der Waals surface area contributed by atoms with Gasteiger partial charge < -0.3 is 35.4 Å². The minimum absolute atomic E-state index is 0.105. The molecule has 9 nitrogen and oxygen atoms in total. The molecule has 6 N–H and O–H groups in total. The third kappa shape index (κ3) is 5.06. The number of phenols is 2. The van der Waals surface area contributed by atoms with Crippen LogP contribution >= 0.6 is 11.6 Å². The van der Waals surface area contributed by atoms with Gasteiger partial charge in [-0.05, 0) is 19.9 Å². The number of hydrogen-bond donors (Lipinski definition) is 6. The van der Waals surface area contributed by atoms with Crippen LogP contribution < -0.4 is 0 Å². The standard InChI is InChI=1S/C19H23ClO9/c1-7-3-8(2)29-19(28)14-9(21)5-10(22)16(20)15(14)18(27)13(25)6-12(24)17(26)11(23)4-7/h4-5,8,12-13,17-18,21-22,24-27H,3,6H2,1-2H3/b7-4-/t8-,12-,13-,17+,18+/m0/s1. The Bertz CT molecular complexity index is 835. The smallest absolute Gasteiger partial charge is 0.342 e. The van der Waals surface area contributed by atoms with E-state index in [2.05, 4.69) is 0 Å². The van der Waals surface area contributed by atoms with Crippen LogP contribution in [0.2, 0.25) is 5.02 Å². The van der Waals surface area contributed by atoms with Gasteiger partial charge in [-0.1, -0.05) is 17.2 Å². The molecule has 0 bridgehead atoms. The van der Waals surface area contributed by atoms with Crippen LogP contribution in [0.4, 0.5) is 0 Å². The third-order valence-corrected chi connectivity index (χ3v) is 4.97. The lowest BCUT2D eigenvalue weighted by Crippen LogP contribution is -2.37. The summed E-state index contributed by atoms with van der Waals surface area (Å²) in [5.41, 5.74) is -0.616. The predicted molar refractivity (Wildman–Crippen MR) is 101 cm³/mol. The molecular formula is C19H23ClO9. The minimum Gasteiger partial charge on any atom is -0.507 e. The molecule has 1 aromatic carbocycles. The first kappa shape index (κ1) is 23.1. The highest BCUT2D eigenvalue weighted by Crippen LogP contribution is 2.41. The maximum absolute atomic E-state index is 12.6. The van der Waals surface area contributed by atoms with Gasteiger partial charge in [-0.25, -0.2) is 4.79 Å². The van der Waals surface area contributed by atoms with Crippen molar-refractivity contribution in [1.82, 2.24) is 0 Å². The molecule has 0 aliphatic carbocycles. The maximum atomic E-state index is 12.6. The van der Waals surface area contributed by atoms with Gasteiger partial charge in [0.25, 0.3) is 0 Å². The van der Waals surface area contributed by atoms with Crippen molar-refractivity contribution in [3.05, 3.63) is 33.9 Å². The highest BCUT2D eigenvalue weighted by atomic mass is 35.5. The van der Waals surface area contributed by atoms with Crippen LogP contribution in [-0.4, -0.2) is 66.8 Å². The van der Waals surface area contributed by atoms with E-state index in [0.717, 1.165) is 12.1 Å². The van der Waals surface area contributed by atoms with Gasteiger partial charge >= 0.3 is 5.97 Å². The maximum Gasteiger partial charge on any atom is 0.342 e. The van der Waals surface area contributed by atoms with Gasteiger partial charge in [-0.2, -0.15) is 0 Å². The Morgan fingerprint density at radius 2 is 1.62 bits per heavy atom. The molecule has 0 spiro atoms. The highest BCUT2D eigenvalue weighted by Gasteiger charge is 2.35. The molecule has 0 aromatic heterocycles. The van der Waals surface area contributed by atoms with Gasteiger partial charge in [-0.15, -0.1) is 0 Å². The Morgan fingerprint density at radius 3 is 2.24 bits per heavy atom. The van der Waals surface area contributed by atoms with Crippen molar-refractivity contribution in [2.75, 3.05) is 0 Å². The van der Waals surface area contributed by atoms with Gasteiger partial charge in [0.15, 0.2) is 5.78 Å². The molecule has 0 saturated heterocycles. The molecule has 1 aliphatic rings. The molecule has 10 heteroatoms. The van der Waals surface area contributed by atoms with Crippen LogP contribution in [0.5, 0.6) is 11.5 Å². The Hall–Kier alpha value is -2.17. The fraction of sp³-hybridized carbons (Fsp3) is 0.474. The molecule has 29 heavy (non-hydrogen) atoms. The largest absolute Gasteiger partial charge is 0.507 e. The summed E-state index contributed by atoms with van der Waals surface area (Å²) in [7, 11) is 0. The van der Waals surface area contributed by atoms with E-state index < -0.39 is 76.3 Å². The molecule has 2 rings (SSSR count). The molecule has 5 atom stereocenters. The van der Waals surface area contributed by atoms with E-state index in [1.165, 1.54) is 6.92 Å². The van der Waals surface area contributed by atoms with Crippen molar-refractivity contribution in [1.29, 1.82) is 0 Å². The zero-order valence-corrected chi connectivity index (χ0v) is 16.5. The number of hydrogen-bond acceptors (Lipinski definition) is 9. The summed E-state index contributed by atoms with van der Waals surface area (Å²) in [6, 6.07) is 0.789. The summed E-state index contributed by atoms with van der Waals surface area (Å²) < 4.78 is 5.24. The fourth-order valence-electron chi connectivity index (χ4n) is 3.15. The fourth-order valence-corrected chi connectivity index (χ4v) is 3.41. The van der Waals surface area contributed by atoms with E-state index in [1.807, 2.05) is 0 Å². The van der Waals surface area contributed by atoms with Crippen molar-refractivity contribution in [3.63, 3.8) is 0 Å². The van der Waals surface area contributed by atoms with Crippen molar-refractivity contribution in [3.8, 4) is 11.5 Å². The zero-order valence-electron chi connectivity index (χ0n) is 15.7. The number of aliphatic hydroxyl groups is 4. The SMILES string of the molecule is C/C1=C/C(=O)[C@@H](O)[C@@H](O)C[C@H](O)[C@@H](O)c2c(Cl)c(O)cc(O)c2C(=O)O[C@@H](C)C1. The first-order valence-electron chi connectivity index (χ1n) is 8.82. The second kappa shape index (κ2) is 9.10. The van der Waals surface area contributed by atoms with E-state index >= 15 is 0 Å². The molecule has 0 fully saturated rings. The van der Waals surface area contributed by atoms with Crippen LogP contribution in [-0.2, 0) is 9.53 Å². The van der Waals surface area contributed by atoms with Crippen LogP contribution in [0.3, 0.4) is 0 Å². The number of aliphatic hydroxyl groups excluding tert-OH is 4. The van der Waals surface area contributed by atoms with Crippen LogP contribution in [0.1, 0.15) is 48.7 Å². The number of aromatic hydroxyl groups is 2. The lowest BCUT2D eigenvalue weighted by Gasteiger charge is -2.26. The average Bonchev–Trinajstić information content (AvgIpc) is 2.61. The minimum atomic E-state index is -1.96. The Labute approximate surface area is 171 Å². The number of ketones is 1. The van der Waals surface area contributed by atoms with Gasteiger partial charge in [0.2, 0.25) is 0 Å². The van der Waals surface area contributed by atoms with E-state index in [-0.39, 0.29) is 6.42 Å². The molecule has 0 saturated carbocycles. The number of benzene rings is 1. The third-order valence-electron chi connectivity index (χ3n) is 4.57. The summed E-state index contributed by atoms with van der Waals surface area (Å²) in [4.78, 5) is 24.7. The van der Waals surface area contributed by atoms with E-state index in [0.29, 0.717) is 5.57 Å². The van der Waals surface area contributed by atoms with E-state index in [4.69, 9.17) is 16.3 Å². The van der Waals surface area contributed by atoms with Gasteiger partial charge in [0, 0.05) is 24.5 Å². The molecule has 160 valence electrons. The Kier molecular flexibility index (Phi) is 7.25.